The van der Waals surface area contributed by atoms with Gasteiger partial charge in [-0.15, -0.1) is 0 Å². The third-order valence-electron chi connectivity index (χ3n) is 3.65. The van der Waals surface area contributed by atoms with Crippen LogP contribution >= 0.6 is 0 Å². The molecule has 134 valence electrons. The Bertz CT molecular complexity index is 578. The Kier molecular flexibility index (Phi) is 8.29. The van der Waals surface area contributed by atoms with Crippen molar-refractivity contribution in [2.75, 3.05) is 20.2 Å². The van der Waals surface area contributed by atoms with Crippen LogP contribution in [0.1, 0.15) is 49.4 Å². The topological polar surface area (TPSA) is 46.6 Å². The zero-order chi connectivity index (χ0) is 18.1. The number of unbranched alkanes of at least 4 members (excludes halogenated alkanes) is 3. The van der Waals surface area contributed by atoms with Crippen LogP contribution < -0.4 is 0 Å². The molecule has 0 saturated carbocycles. The Morgan fingerprint density at radius 2 is 1.75 bits per heavy atom. The summed E-state index contributed by atoms with van der Waals surface area (Å²) in [6, 6.07) is 1.62. The molecule has 0 fully saturated rings. The molecular formula is C17H22F3NO3. The Hall–Kier alpha value is -2.05. The fourth-order valence-electron chi connectivity index (χ4n) is 2.23. The quantitative estimate of drug-likeness (QED) is 0.390. The van der Waals surface area contributed by atoms with Crippen LogP contribution in [0, 0.1) is 17.5 Å². The summed E-state index contributed by atoms with van der Waals surface area (Å²) in [6.45, 7) is 2.36. The lowest BCUT2D eigenvalue weighted by molar-refractivity contribution is -0.140. The molecule has 0 spiro atoms. The van der Waals surface area contributed by atoms with Gasteiger partial charge in [-0.3, -0.25) is 9.59 Å². The molecule has 0 radical (unpaired) electrons. The summed E-state index contributed by atoms with van der Waals surface area (Å²) in [4.78, 5) is 25.0. The van der Waals surface area contributed by atoms with E-state index in [1.165, 1.54) is 12.0 Å². The van der Waals surface area contributed by atoms with Gasteiger partial charge in [0.15, 0.2) is 17.5 Å². The molecule has 1 aromatic rings. The SMILES string of the molecule is CCCCCCN(CCC(=O)OC)C(=O)c1ccc(F)c(F)c1F. The van der Waals surface area contributed by atoms with Gasteiger partial charge in [-0.25, -0.2) is 13.2 Å². The van der Waals surface area contributed by atoms with Gasteiger partial charge in [0.05, 0.1) is 19.1 Å². The molecule has 0 aliphatic heterocycles. The van der Waals surface area contributed by atoms with Crippen molar-refractivity contribution < 1.29 is 27.5 Å². The molecule has 1 amide bonds. The fraction of sp³-hybridized carbons (Fsp3) is 0.529. The molecule has 0 aliphatic carbocycles. The van der Waals surface area contributed by atoms with Crippen molar-refractivity contribution in [1.29, 1.82) is 0 Å². The number of halogens is 3. The maximum Gasteiger partial charge on any atom is 0.307 e. The van der Waals surface area contributed by atoms with E-state index in [-0.39, 0.29) is 13.0 Å². The number of ether oxygens (including phenoxy) is 1. The second kappa shape index (κ2) is 9.95. The van der Waals surface area contributed by atoms with Gasteiger partial charge in [-0.2, -0.15) is 0 Å². The van der Waals surface area contributed by atoms with Crippen molar-refractivity contribution in [3.05, 3.63) is 35.1 Å². The van der Waals surface area contributed by atoms with E-state index < -0.39 is 34.9 Å². The number of carbonyl (C=O) groups is 2. The molecular weight excluding hydrogens is 323 g/mol. The van der Waals surface area contributed by atoms with E-state index >= 15 is 0 Å². The van der Waals surface area contributed by atoms with Crippen LogP contribution in [-0.4, -0.2) is 37.0 Å². The number of benzene rings is 1. The van der Waals surface area contributed by atoms with Gasteiger partial charge in [-0.05, 0) is 18.6 Å². The second-order valence-corrected chi connectivity index (χ2v) is 5.40. The Morgan fingerprint density at radius 1 is 1.04 bits per heavy atom. The first-order valence-corrected chi connectivity index (χ1v) is 7.91. The van der Waals surface area contributed by atoms with Crippen LogP contribution in [0.3, 0.4) is 0 Å². The molecule has 1 rings (SSSR count). The third-order valence-corrected chi connectivity index (χ3v) is 3.65. The van der Waals surface area contributed by atoms with E-state index in [1.54, 1.807) is 0 Å². The molecule has 0 saturated heterocycles. The molecule has 0 unspecified atom stereocenters. The van der Waals surface area contributed by atoms with Gasteiger partial charge in [0.1, 0.15) is 0 Å². The van der Waals surface area contributed by atoms with Crippen molar-refractivity contribution in [2.45, 2.75) is 39.0 Å². The van der Waals surface area contributed by atoms with Crippen molar-refractivity contribution in [2.24, 2.45) is 0 Å². The lowest BCUT2D eigenvalue weighted by Crippen LogP contribution is -2.35. The summed E-state index contributed by atoms with van der Waals surface area (Å²) in [5, 5.41) is 0. The molecule has 4 nitrogen and oxygen atoms in total. The van der Waals surface area contributed by atoms with Crippen LogP contribution in [0.5, 0.6) is 0 Å². The highest BCUT2D eigenvalue weighted by molar-refractivity contribution is 5.94. The van der Waals surface area contributed by atoms with Gasteiger partial charge in [0, 0.05) is 13.1 Å². The maximum absolute atomic E-state index is 13.8. The number of methoxy groups -OCH3 is 1. The maximum atomic E-state index is 13.8. The number of hydrogen-bond donors (Lipinski definition) is 0. The van der Waals surface area contributed by atoms with Gasteiger partial charge in [-0.1, -0.05) is 26.2 Å². The summed E-state index contributed by atoms with van der Waals surface area (Å²) >= 11 is 0. The first-order chi connectivity index (χ1) is 11.4. The van der Waals surface area contributed by atoms with E-state index in [1.807, 2.05) is 6.92 Å². The zero-order valence-electron chi connectivity index (χ0n) is 13.9. The standard InChI is InChI=1S/C17H22F3NO3/c1-3-4-5-6-10-21(11-9-14(22)24-2)17(23)12-7-8-13(18)16(20)15(12)19/h7-8H,3-6,9-11H2,1-2H3. The Balaban J connectivity index is 2.89. The first kappa shape index (κ1) is 20.0. The Labute approximate surface area is 139 Å². The van der Waals surface area contributed by atoms with E-state index in [0.717, 1.165) is 25.3 Å². The normalized spacial score (nSPS) is 10.5. The smallest absolute Gasteiger partial charge is 0.307 e. The highest BCUT2D eigenvalue weighted by Crippen LogP contribution is 2.18. The number of carbonyl (C=O) groups excluding carboxylic acids is 2. The van der Waals surface area contributed by atoms with Crippen molar-refractivity contribution in [3.8, 4) is 0 Å². The molecule has 0 bridgehead atoms. The number of rotatable bonds is 9. The molecule has 24 heavy (non-hydrogen) atoms. The van der Waals surface area contributed by atoms with E-state index in [4.69, 9.17) is 0 Å². The highest BCUT2D eigenvalue weighted by Gasteiger charge is 2.23. The third kappa shape index (κ3) is 5.54. The zero-order valence-corrected chi connectivity index (χ0v) is 13.9. The lowest BCUT2D eigenvalue weighted by Gasteiger charge is -2.22. The van der Waals surface area contributed by atoms with E-state index in [9.17, 15) is 22.8 Å². The largest absolute Gasteiger partial charge is 0.469 e. The second-order valence-electron chi connectivity index (χ2n) is 5.40. The average molecular weight is 345 g/mol. The van der Waals surface area contributed by atoms with Crippen LogP contribution in [-0.2, 0) is 9.53 Å². The number of hydrogen-bond acceptors (Lipinski definition) is 3. The summed E-state index contributed by atoms with van der Waals surface area (Å²) in [5.41, 5.74) is -0.547. The molecule has 0 aromatic heterocycles. The number of amides is 1. The van der Waals surface area contributed by atoms with E-state index in [2.05, 4.69) is 4.74 Å². The monoisotopic (exact) mass is 345 g/mol. The van der Waals surface area contributed by atoms with Gasteiger partial charge >= 0.3 is 5.97 Å². The van der Waals surface area contributed by atoms with Crippen LogP contribution in [0.2, 0.25) is 0 Å². The van der Waals surface area contributed by atoms with Crippen molar-refractivity contribution in [1.82, 2.24) is 4.90 Å². The first-order valence-electron chi connectivity index (χ1n) is 7.91. The summed E-state index contributed by atoms with van der Waals surface area (Å²) < 4.78 is 44.7. The molecule has 0 heterocycles. The molecule has 0 aliphatic rings. The molecule has 0 atom stereocenters. The van der Waals surface area contributed by atoms with E-state index in [0.29, 0.717) is 19.0 Å². The lowest BCUT2D eigenvalue weighted by atomic mass is 10.1. The summed E-state index contributed by atoms with van der Waals surface area (Å²) in [5.74, 6) is -5.83. The van der Waals surface area contributed by atoms with Crippen LogP contribution in [0.15, 0.2) is 12.1 Å². The minimum absolute atomic E-state index is 0.0239. The van der Waals surface area contributed by atoms with Gasteiger partial charge < -0.3 is 9.64 Å². The van der Waals surface area contributed by atoms with Gasteiger partial charge in [0.25, 0.3) is 5.91 Å². The fourth-order valence-corrected chi connectivity index (χ4v) is 2.23. The van der Waals surface area contributed by atoms with Gasteiger partial charge in [0.2, 0.25) is 0 Å². The molecule has 7 heteroatoms. The predicted octanol–water partition coefficient (Wildman–Crippen LogP) is 3.69. The Morgan fingerprint density at radius 3 is 2.38 bits per heavy atom. The molecule has 0 N–H and O–H groups in total. The molecule has 1 aromatic carbocycles. The summed E-state index contributed by atoms with van der Waals surface area (Å²) in [6.07, 6.45) is 3.48. The van der Waals surface area contributed by atoms with Crippen LogP contribution in [0.25, 0.3) is 0 Å². The minimum Gasteiger partial charge on any atom is -0.469 e. The number of nitrogens with zero attached hydrogens (tertiary/aromatic N) is 1. The van der Waals surface area contributed by atoms with Crippen molar-refractivity contribution >= 4 is 11.9 Å². The average Bonchev–Trinajstić information content (AvgIpc) is 2.58. The number of esters is 1. The highest BCUT2D eigenvalue weighted by atomic mass is 19.2. The predicted molar refractivity (Wildman–Crippen MR) is 83.0 cm³/mol. The van der Waals surface area contributed by atoms with Crippen molar-refractivity contribution in [3.63, 3.8) is 0 Å². The minimum atomic E-state index is -1.68. The van der Waals surface area contributed by atoms with Crippen LogP contribution in [0.4, 0.5) is 13.2 Å². The summed E-state index contributed by atoms with van der Waals surface area (Å²) in [7, 11) is 1.23.